The summed E-state index contributed by atoms with van der Waals surface area (Å²) < 4.78 is 5.54. The van der Waals surface area contributed by atoms with Crippen LogP contribution in [0, 0.1) is 26.7 Å². The first-order valence-corrected chi connectivity index (χ1v) is 7.63. The topological polar surface area (TPSA) is 53.8 Å². The van der Waals surface area contributed by atoms with Gasteiger partial charge in [0.05, 0.1) is 5.56 Å². The van der Waals surface area contributed by atoms with Crippen LogP contribution in [0.2, 0.25) is 0 Å². The number of furan rings is 1. The van der Waals surface area contributed by atoms with E-state index in [4.69, 9.17) is 4.42 Å². The first kappa shape index (κ1) is 14.2. The average molecular weight is 290 g/mol. The van der Waals surface area contributed by atoms with E-state index in [1.165, 1.54) is 0 Å². The van der Waals surface area contributed by atoms with Gasteiger partial charge in [-0.15, -0.1) is 0 Å². The highest BCUT2D eigenvalue weighted by atomic mass is 16.3. The molecule has 3 rings (SSSR count). The molecule has 5 nitrogen and oxygen atoms in total. The van der Waals surface area contributed by atoms with Crippen LogP contribution in [0.4, 0.5) is 0 Å². The van der Waals surface area contributed by atoms with Crippen molar-refractivity contribution in [1.29, 1.82) is 0 Å². The highest BCUT2D eigenvalue weighted by Gasteiger charge is 2.35. The maximum Gasteiger partial charge on any atom is 0.257 e. The molecule has 1 aliphatic carbocycles. The number of amides is 2. The molecule has 0 bridgehead atoms. The Morgan fingerprint density at radius 3 is 2.00 bits per heavy atom. The molecule has 2 amide bonds. The second kappa shape index (κ2) is 5.20. The first-order chi connectivity index (χ1) is 9.99. The fourth-order valence-corrected chi connectivity index (χ4v) is 2.98. The molecule has 1 saturated carbocycles. The van der Waals surface area contributed by atoms with Gasteiger partial charge >= 0.3 is 0 Å². The van der Waals surface area contributed by atoms with Crippen molar-refractivity contribution in [3.63, 3.8) is 0 Å². The van der Waals surface area contributed by atoms with Gasteiger partial charge in [0.15, 0.2) is 0 Å². The Hall–Kier alpha value is -1.78. The molecule has 2 heterocycles. The van der Waals surface area contributed by atoms with E-state index in [-0.39, 0.29) is 17.7 Å². The van der Waals surface area contributed by atoms with Gasteiger partial charge in [-0.25, -0.2) is 0 Å². The molecule has 1 aromatic heterocycles. The number of hydrogen-bond acceptors (Lipinski definition) is 3. The quantitative estimate of drug-likeness (QED) is 0.836. The van der Waals surface area contributed by atoms with Crippen molar-refractivity contribution in [2.24, 2.45) is 5.92 Å². The van der Waals surface area contributed by atoms with Crippen LogP contribution in [-0.2, 0) is 4.79 Å². The summed E-state index contributed by atoms with van der Waals surface area (Å²) in [4.78, 5) is 28.4. The predicted octanol–water partition coefficient (Wildman–Crippen LogP) is 1.90. The van der Waals surface area contributed by atoms with Crippen LogP contribution >= 0.6 is 0 Å². The molecule has 0 aromatic carbocycles. The van der Waals surface area contributed by atoms with E-state index in [0.29, 0.717) is 37.5 Å². The lowest BCUT2D eigenvalue weighted by Crippen LogP contribution is -2.51. The van der Waals surface area contributed by atoms with Gasteiger partial charge in [0.25, 0.3) is 5.91 Å². The average Bonchev–Trinajstić information content (AvgIpc) is 3.27. The summed E-state index contributed by atoms with van der Waals surface area (Å²) in [6, 6.07) is 0. The molecule has 21 heavy (non-hydrogen) atoms. The van der Waals surface area contributed by atoms with Crippen molar-refractivity contribution in [3.05, 3.63) is 22.6 Å². The summed E-state index contributed by atoms with van der Waals surface area (Å²) in [5.74, 6) is 2.05. The minimum Gasteiger partial charge on any atom is -0.466 e. The van der Waals surface area contributed by atoms with E-state index in [9.17, 15) is 9.59 Å². The van der Waals surface area contributed by atoms with Gasteiger partial charge in [-0.05, 0) is 33.6 Å². The van der Waals surface area contributed by atoms with E-state index in [1.807, 2.05) is 30.6 Å². The highest BCUT2D eigenvalue weighted by molar-refractivity contribution is 5.97. The molecule has 2 aliphatic rings. The molecule has 1 aromatic rings. The summed E-state index contributed by atoms with van der Waals surface area (Å²) in [5.41, 5.74) is 1.61. The number of carbonyl (C=O) groups is 2. The molecule has 0 N–H and O–H groups in total. The monoisotopic (exact) mass is 290 g/mol. The third-order valence-corrected chi connectivity index (χ3v) is 4.58. The molecule has 2 fully saturated rings. The Morgan fingerprint density at radius 1 is 0.952 bits per heavy atom. The zero-order valence-electron chi connectivity index (χ0n) is 12.9. The molecule has 0 spiro atoms. The number of hydrogen-bond donors (Lipinski definition) is 0. The van der Waals surface area contributed by atoms with Crippen molar-refractivity contribution in [2.75, 3.05) is 26.2 Å². The lowest BCUT2D eigenvalue weighted by Gasteiger charge is -2.35. The number of nitrogens with zero attached hydrogens (tertiary/aromatic N) is 2. The fourth-order valence-electron chi connectivity index (χ4n) is 2.98. The molecule has 1 aliphatic heterocycles. The number of rotatable bonds is 2. The van der Waals surface area contributed by atoms with E-state index in [1.54, 1.807) is 0 Å². The molecule has 5 heteroatoms. The fraction of sp³-hybridized carbons (Fsp3) is 0.625. The van der Waals surface area contributed by atoms with Crippen LogP contribution in [0.15, 0.2) is 4.42 Å². The maximum absolute atomic E-state index is 12.6. The standard InChI is InChI=1S/C16H22N2O3/c1-10-11(2)21-12(3)14(10)16(20)18-8-6-17(7-9-18)15(19)13-4-5-13/h13H,4-9H2,1-3H3. The van der Waals surface area contributed by atoms with Gasteiger partial charge < -0.3 is 14.2 Å². The summed E-state index contributed by atoms with van der Waals surface area (Å²) >= 11 is 0. The summed E-state index contributed by atoms with van der Waals surface area (Å²) in [6.07, 6.45) is 2.06. The van der Waals surface area contributed by atoms with Crippen molar-refractivity contribution in [1.82, 2.24) is 9.80 Å². The van der Waals surface area contributed by atoms with Gasteiger partial charge in [0.2, 0.25) is 5.91 Å². The van der Waals surface area contributed by atoms with Crippen LogP contribution in [0.1, 0.15) is 40.3 Å². The second-order valence-electron chi connectivity index (χ2n) is 6.11. The molecular formula is C16H22N2O3. The van der Waals surface area contributed by atoms with Crippen LogP contribution in [0.3, 0.4) is 0 Å². The third-order valence-electron chi connectivity index (χ3n) is 4.58. The van der Waals surface area contributed by atoms with Crippen molar-refractivity contribution in [2.45, 2.75) is 33.6 Å². The minimum absolute atomic E-state index is 0.0281. The number of carbonyl (C=O) groups excluding carboxylic acids is 2. The van der Waals surface area contributed by atoms with Gasteiger partial charge in [-0.2, -0.15) is 0 Å². The van der Waals surface area contributed by atoms with Crippen molar-refractivity contribution >= 4 is 11.8 Å². The summed E-state index contributed by atoms with van der Waals surface area (Å²) in [6.45, 7) is 8.16. The Morgan fingerprint density at radius 2 is 1.52 bits per heavy atom. The van der Waals surface area contributed by atoms with Gasteiger partial charge in [-0.1, -0.05) is 0 Å². The van der Waals surface area contributed by atoms with E-state index >= 15 is 0 Å². The van der Waals surface area contributed by atoms with E-state index in [2.05, 4.69) is 0 Å². The molecule has 1 saturated heterocycles. The predicted molar refractivity (Wildman–Crippen MR) is 78.1 cm³/mol. The Labute approximate surface area is 124 Å². The van der Waals surface area contributed by atoms with Crippen LogP contribution in [0.25, 0.3) is 0 Å². The number of aryl methyl sites for hydroxylation is 2. The lowest BCUT2D eigenvalue weighted by molar-refractivity contribution is -0.134. The van der Waals surface area contributed by atoms with Crippen molar-refractivity contribution < 1.29 is 14.0 Å². The Balaban J connectivity index is 1.66. The largest absolute Gasteiger partial charge is 0.466 e. The zero-order chi connectivity index (χ0) is 15.1. The smallest absolute Gasteiger partial charge is 0.257 e. The maximum atomic E-state index is 12.6. The third kappa shape index (κ3) is 2.57. The van der Waals surface area contributed by atoms with Crippen LogP contribution in [0.5, 0.6) is 0 Å². The minimum atomic E-state index is 0.0281. The van der Waals surface area contributed by atoms with Crippen molar-refractivity contribution in [3.8, 4) is 0 Å². The highest BCUT2D eigenvalue weighted by Crippen LogP contribution is 2.31. The van der Waals surface area contributed by atoms with Gasteiger partial charge in [-0.3, -0.25) is 9.59 Å². The van der Waals surface area contributed by atoms with Crippen LogP contribution < -0.4 is 0 Å². The molecule has 0 radical (unpaired) electrons. The lowest BCUT2D eigenvalue weighted by atomic mass is 10.1. The normalized spacial score (nSPS) is 19.0. The van der Waals surface area contributed by atoms with Crippen LogP contribution in [-0.4, -0.2) is 47.8 Å². The van der Waals surface area contributed by atoms with Gasteiger partial charge in [0, 0.05) is 37.7 Å². The second-order valence-corrected chi connectivity index (χ2v) is 6.11. The van der Waals surface area contributed by atoms with E-state index < -0.39 is 0 Å². The number of piperazine rings is 1. The Bertz CT molecular complexity index is 579. The zero-order valence-corrected chi connectivity index (χ0v) is 12.9. The first-order valence-electron chi connectivity index (χ1n) is 7.63. The molecule has 0 unspecified atom stereocenters. The SMILES string of the molecule is Cc1oc(C)c(C(=O)N2CCN(C(=O)C3CC3)CC2)c1C. The van der Waals surface area contributed by atoms with E-state index in [0.717, 1.165) is 24.2 Å². The summed E-state index contributed by atoms with van der Waals surface area (Å²) in [5, 5.41) is 0. The van der Waals surface area contributed by atoms with Gasteiger partial charge in [0.1, 0.15) is 11.5 Å². The molecule has 0 atom stereocenters. The molecule has 114 valence electrons. The summed E-state index contributed by atoms with van der Waals surface area (Å²) in [7, 11) is 0. The molecular weight excluding hydrogens is 268 g/mol. The Kier molecular flexibility index (Phi) is 3.51.